The molecule has 0 spiro atoms. The second kappa shape index (κ2) is 6.86. The van der Waals surface area contributed by atoms with E-state index in [0.29, 0.717) is 17.3 Å². The van der Waals surface area contributed by atoms with Crippen molar-refractivity contribution in [2.75, 3.05) is 0 Å². The number of non-ortho nitro benzene ring substituents is 1. The highest BCUT2D eigenvalue weighted by Crippen LogP contribution is 2.27. The molecule has 0 fully saturated rings. The number of nitrogens with zero attached hydrogens (tertiary/aromatic N) is 4. The molecule has 1 aromatic heterocycles. The molecule has 0 unspecified atom stereocenters. The average molecular weight is 399 g/mol. The summed E-state index contributed by atoms with van der Waals surface area (Å²) in [6.07, 6.45) is 0.373. The molecule has 2 amide bonds. The van der Waals surface area contributed by atoms with Gasteiger partial charge in [0.15, 0.2) is 5.82 Å². The largest absolute Gasteiger partial charge is 0.337 e. The van der Waals surface area contributed by atoms with E-state index in [9.17, 15) is 19.7 Å². The van der Waals surface area contributed by atoms with Gasteiger partial charge in [-0.25, -0.2) is 0 Å². The van der Waals surface area contributed by atoms with Gasteiger partial charge in [-0.1, -0.05) is 28.9 Å². The van der Waals surface area contributed by atoms with Crippen molar-refractivity contribution < 1.29 is 19.0 Å². The maximum atomic E-state index is 12.5. The summed E-state index contributed by atoms with van der Waals surface area (Å²) in [6, 6.07) is 10.7. The molecule has 0 bridgehead atoms. The van der Waals surface area contributed by atoms with E-state index in [1.54, 1.807) is 18.2 Å². The number of hydrogen-bond donors (Lipinski definition) is 0. The van der Waals surface area contributed by atoms with Crippen LogP contribution in [0.3, 0.4) is 0 Å². The van der Waals surface area contributed by atoms with Crippen LogP contribution in [0.5, 0.6) is 0 Å². The van der Waals surface area contributed by atoms with Crippen molar-refractivity contribution in [3.8, 4) is 0 Å². The molecular weight excluding hydrogens is 388 g/mol. The number of nitro groups is 1. The van der Waals surface area contributed by atoms with Crippen LogP contribution in [0.4, 0.5) is 5.69 Å². The fourth-order valence-electron chi connectivity index (χ4n) is 2.93. The molecule has 1 aliphatic heterocycles. The Kier molecular flexibility index (Phi) is 4.36. The molecule has 0 saturated heterocycles. The summed E-state index contributed by atoms with van der Waals surface area (Å²) in [5.41, 5.74) is 0.711. The van der Waals surface area contributed by atoms with Crippen molar-refractivity contribution in [2.45, 2.75) is 13.0 Å². The van der Waals surface area contributed by atoms with Crippen molar-refractivity contribution in [2.24, 2.45) is 0 Å². The highest BCUT2D eigenvalue weighted by atomic mass is 35.5. The summed E-state index contributed by atoms with van der Waals surface area (Å²) < 4.78 is 5.14. The minimum atomic E-state index is -0.640. The third-order valence-corrected chi connectivity index (χ3v) is 4.45. The predicted octanol–water partition coefficient (Wildman–Crippen LogP) is 3.02. The molecule has 0 saturated carbocycles. The first-order valence-corrected chi connectivity index (χ1v) is 8.50. The van der Waals surface area contributed by atoms with Gasteiger partial charge in [0.2, 0.25) is 5.89 Å². The van der Waals surface area contributed by atoms with E-state index >= 15 is 0 Å². The van der Waals surface area contributed by atoms with Crippen molar-refractivity contribution in [3.63, 3.8) is 0 Å². The molecule has 10 heteroatoms. The lowest BCUT2D eigenvalue weighted by Gasteiger charge is -2.09. The van der Waals surface area contributed by atoms with Gasteiger partial charge in [0.1, 0.15) is 6.54 Å². The molecular formula is C18H11ClN4O5. The van der Waals surface area contributed by atoms with Crippen LogP contribution in [0.15, 0.2) is 47.0 Å². The molecule has 140 valence electrons. The number of hydrogen-bond acceptors (Lipinski definition) is 7. The Morgan fingerprint density at radius 2 is 1.89 bits per heavy atom. The van der Waals surface area contributed by atoms with Gasteiger partial charge in [-0.3, -0.25) is 24.6 Å². The number of imide groups is 1. The monoisotopic (exact) mass is 398 g/mol. The topological polar surface area (TPSA) is 119 Å². The predicted molar refractivity (Wildman–Crippen MR) is 95.9 cm³/mol. The molecule has 3 aromatic rings. The van der Waals surface area contributed by atoms with E-state index in [1.807, 2.05) is 6.07 Å². The number of rotatable bonds is 5. The van der Waals surface area contributed by atoms with Crippen molar-refractivity contribution in [1.29, 1.82) is 0 Å². The molecule has 4 rings (SSSR count). The SMILES string of the molecule is O=C1c2ccc([N+](=O)[O-])cc2C(=O)N1Cc1nc(Cc2cccc(Cl)c2)no1. The summed E-state index contributed by atoms with van der Waals surface area (Å²) >= 11 is 5.95. The number of fused-ring (bicyclic) bond motifs is 1. The lowest BCUT2D eigenvalue weighted by atomic mass is 10.1. The molecule has 0 atom stereocenters. The quantitative estimate of drug-likeness (QED) is 0.368. The third-order valence-electron chi connectivity index (χ3n) is 4.22. The standard InChI is InChI=1S/C18H11ClN4O5/c19-11-3-1-2-10(6-11)7-15-20-16(28-21-15)9-22-17(24)13-5-4-12(23(26)27)8-14(13)18(22)25/h1-6,8H,7,9H2. The highest BCUT2D eigenvalue weighted by molar-refractivity contribution is 6.30. The van der Waals surface area contributed by atoms with Crippen LogP contribution in [0.1, 0.15) is 38.0 Å². The van der Waals surface area contributed by atoms with Crippen LogP contribution in [-0.4, -0.2) is 31.8 Å². The zero-order valence-corrected chi connectivity index (χ0v) is 14.9. The van der Waals surface area contributed by atoms with E-state index in [0.717, 1.165) is 16.5 Å². The van der Waals surface area contributed by atoms with Gasteiger partial charge >= 0.3 is 0 Å². The summed E-state index contributed by atoms with van der Waals surface area (Å²) in [4.78, 5) is 40.3. The van der Waals surface area contributed by atoms with Gasteiger partial charge in [0.25, 0.3) is 17.5 Å². The van der Waals surface area contributed by atoms with Gasteiger partial charge in [-0.15, -0.1) is 0 Å². The van der Waals surface area contributed by atoms with Crippen LogP contribution in [0.25, 0.3) is 0 Å². The molecule has 2 heterocycles. The molecule has 2 aromatic carbocycles. The second-order valence-corrected chi connectivity index (χ2v) is 6.53. The van der Waals surface area contributed by atoms with Crippen LogP contribution < -0.4 is 0 Å². The van der Waals surface area contributed by atoms with Crippen LogP contribution in [0, 0.1) is 10.1 Å². The minimum Gasteiger partial charge on any atom is -0.337 e. The fourth-order valence-corrected chi connectivity index (χ4v) is 3.14. The molecule has 0 N–H and O–H groups in total. The number of carbonyl (C=O) groups excluding carboxylic acids is 2. The van der Waals surface area contributed by atoms with E-state index in [2.05, 4.69) is 10.1 Å². The Morgan fingerprint density at radius 3 is 2.64 bits per heavy atom. The van der Waals surface area contributed by atoms with E-state index in [-0.39, 0.29) is 29.2 Å². The van der Waals surface area contributed by atoms with Gasteiger partial charge < -0.3 is 4.52 Å². The first kappa shape index (κ1) is 17.8. The summed E-state index contributed by atoms with van der Waals surface area (Å²) in [6.45, 7) is -0.220. The molecule has 0 aliphatic carbocycles. The van der Waals surface area contributed by atoms with E-state index in [1.165, 1.54) is 12.1 Å². The maximum Gasteiger partial charge on any atom is 0.270 e. The Bertz CT molecular complexity index is 1130. The lowest BCUT2D eigenvalue weighted by Crippen LogP contribution is -2.29. The zero-order valence-electron chi connectivity index (χ0n) is 14.2. The van der Waals surface area contributed by atoms with Crippen molar-refractivity contribution >= 4 is 29.1 Å². The van der Waals surface area contributed by atoms with Gasteiger partial charge in [-0.2, -0.15) is 4.98 Å². The Hall–Kier alpha value is -3.59. The van der Waals surface area contributed by atoms with E-state index in [4.69, 9.17) is 16.1 Å². The van der Waals surface area contributed by atoms with Crippen LogP contribution >= 0.6 is 11.6 Å². The maximum absolute atomic E-state index is 12.5. The van der Waals surface area contributed by atoms with Crippen molar-refractivity contribution in [3.05, 3.63) is 86.0 Å². The fraction of sp³-hybridized carbons (Fsp3) is 0.111. The number of benzene rings is 2. The first-order chi connectivity index (χ1) is 13.4. The Morgan fingerprint density at radius 1 is 1.11 bits per heavy atom. The first-order valence-electron chi connectivity index (χ1n) is 8.13. The third kappa shape index (κ3) is 3.23. The average Bonchev–Trinajstić information content (AvgIpc) is 3.20. The summed E-state index contributed by atoms with van der Waals surface area (Å²) in [7, 11) is 0. The Balaban J connectivity index is 1.52. The number of halogens is 1. The molecule has 1 aliphatic rings. The smallest absolute Gasteiger partial charge is 0.270 e. The zero-order chi connectivity index (χ0) is 19.8. The van der Waals surface area contributed by atoms with E-state index < -0.39 is 16.7 Å². The van der Waals surface area contributed by atoms with Gasteiger partial charge in [-0.05, 0) is 23.8 Å². The summed E-state index contributed by atoms with van der Waals surface area (Å²) in [5, 5.41) is 15.3. The highest BCUT2D eigenvalue weighted by Gasteiger charge is 2.37. The normalized spacial score (nSPS) is 13.1. The molecule has 0 radical (unpaired) electrons. The number of aromatic nitrogens is 2. The Labute approximate surface area is 162 Å². The van der Waals surface area contributed by atoms with Crippen LogP contribution in [-0.2, 0) is 13.0 Å². The minimum absolute atomic E-state index is 0.0159. The second-order valence-electron chi connectivity index (χ2n) is 6.09. The van der Waals surface area contributed by atoms with Crippen LogP contribution in [0.2, 0.25) is 5.02 Å². The van der Waals surface area contributed by atoms with Gasteiger partial charge in [0, 0.05) is 23.6 Å². The number of carbonyl (C=O) groups is 2. The van der Waals surface area contributed by atoms with Crippen molar-refractivity contribution in [1.82, 2.24) is 15.0 Å². The molecule has 28 heavy (non-hydrogen) atoms. The number of amides is 2. The lowest BCUT2D eigenvalue weighted by molar-refractivity contribution is -0.384. The summed E-state index contributed by atoms with van der Waals surface area (Å²) in [5.74, 6) is -0.742. The molecule has 9 nitrogen and oxygen atoms in total. The number of nitro benzene ring substituents is 1. The van der Waals surface area contributed by atoms with Gasteiger partial charge in [0.05, 0.1) is 16.1 Å².